The second kappa shape index (κ2) is 7.20. The molecule has 0 aromatic rings. The van der Waals surface area contributed by atoms with Gasteiger partial charge in [0.1, 0.15) is 5.60 Å². The van der Waals surface area contributed by atoms with Crippen LogP contribution in [0.3, 0.4) is 0 Å². The number of nitrogens with zero attached hydrogens (tertiary/aromatic N) is 3. The lowest BCUT2D eigenvalue weighted by Crippen LogP contribution is -2.53. The zero-order valence-corrected chi connectivity index (χ0v) is 14.2. The topological polar surface area (TPSA) is 71.2 Å². The van der Waals surface area contributed by atoms with Gasteiger partial charge in [-0.05, 0) is 39.5 Å². The van der Waals surface area contributed by atoms with Crippen molar-refractivity contribution in [3.63, 3.8) is 0 Å². The van der Waals surface area contributed by atoms with Gasteiger partial charge in [-0.25, -0.2) is 4.79 Å². The van der Waals surface area contributed by atoms with E-state index < -0.39 is 5.60 Å². The summed E-state index contributed by atoms with van der Waals surface area (Å²) in [4.78, 5) is 20.2. The monoisotopic (exact) mass is 310 g/mol. The van der Waals surface area contributed by atoms with Gasteiger partial charge in [-0.3, -0.25) is 4.99 Å². The first-order chi connectivity index (χ1) is 10.3. The molecule has 6 nitrogen and oxygen atoms in total. The Morgan fingerprint density at radius 1 is 1.18 bits per heavy atom. The van der Waals surface area contributed by atoms with Gasteiger partial charge in [-0.1, -0.05) is 12.8 Å². The Bertz CT molecular complexity index is 405. The van der Waals surface area contributed by atoms with Crippen LogP contribution in [0.4, 0.5) is 4.79 Å². The van der Waals surface area contributed by atoms with E-state index in [2.05, 4.69) is 9.89 Å². The number of nitrogens with two attached hydrogens (primary N) is 1. The third-order valence-corrected chi connectivity index (χ3v) is 4.00. The van der Waals surface area contributed by atoms with Crippen LogP contribution in [0, 0.1) is 5.92 Å². The summed E-state index contributed by atoms with van der Waals surface area (Å²) in [6.45, 7) is 9.16. The van der Waals surface area contributed by atoms with E-state index in [1.54, 1.807) is 4.90 Å². The van der Waals surface area contributed by atoms with E-state index in [0.717, 1.165) is 32.0 Å². The molecule has 0 aromatic heterocycles. The molecule has 1 amide bonds. The van der Waals surface area contributed by atoms with Crippen LogP contribution in [-0.2, 0) is 4.74 Å². The lowest BCUT2D eigenvalue weighted by molar-refractivity contribution is 0.0186. The molecular formula is C16H30N4O2. The first-order valence-electron chi connectivity index (χ1n) is 8.38. The minimum atomic E-state index is -0.448. The summed E-state index contributed by atoms with van der Waals surface area (Å²) >= 11 is 0. The molecule has 1 saturated heterocycles. The first kappa shape index (κ1) is 16.9. The number of ether oxygens (including phenoxy) is 1. The summed E-state index contributed by atoms with van der Waals surface area (Å²) in [5, 5.41) is 0. The maximum absolute atomic E-state index is 12.0. The van der Waals surface area contributed by atoms with Gasteiger partial charge < -0.3 is 20.3 Å². The van der Waals surface area contributed by atoms with Gasteiger partial charge in [0.05, 0.1) is 0 Å². The molecule has 1 saturated carbocycles. The Balaban J connectivity index is 1.68. The number of carbonyl (C=O) groups is 1. The number of piperazine rings is 1. The first-order valence-corrected chi connectivity index (χ1v) is 8.38. The van der Waals surface area contributed by atoms with E-state index in [-0.39, 0.29) is 6.09 Å². The van der Waals surface area contributed by atoms with Crippen molar-refractivity contribution >= 4 is 12.1 Å². The van der Waals surface area contributed by atoms with Crippen molar-refractivity contribution < 1.29 is 9.53 Å². The summed E-state index contributed by atoms with van der Waals surface area (Å²) in [5.41, 5.74) is 5.60. The number of hydrogen-bond acceptors (Lipinski definition) is 3. The van der Waals surface area contributed by atoms with E-state index in [1.807, 2.05) is 20.8 Å². The van der Waals surface area contributed by atoms with Crippen LogP contribution in [0.1, 0.15) is 46.5 Å². The molecule has 6 heteroatoms. The molecule has 0 aromatic carbocycles. The van der Waals surface area contributed by atoms with Crippen molar-refractivity contribution in [3.8, 4) is 0 Å². The van der Waals surface area contributed by atoms with E-state index >= 15 is 0 Å². The predicted molar refractivity (Wildman–Crippen MR) is 87.8 cm³/mol. The van der Waals surface area contributed by atoms with Crippen molar-refractivity contribution in [2.75, 3.05) is 32.7 Å². The number of rotatable bonds is 4. The van der Waals surface area contributed by atoms with Crippen LogP contribution < -0.4 is 5.73 Å². The van der Waals surface area contributed by atoms with E-state index in [0.29, 0.717) is 19.0 Å². The van der Waals surface area contributed by atoms with Crippen LogP contribution in [-0.4, -0.2) is 60.2 Å². The lowest BCUT2D eigenvalue weighted by Gasteiger charge is -2.36. The third-order valence-electron chi connectivity index (χ3n) is 4.00. The number of amides is 1. The molecule has 2 rings (SSSR count). The van der Waals surface area contributed by atoms with Crippen molar-refractivity contribution in [3.05, 3.63) is 0 Å². The lowest BCUT2D eigenvalue weighted by atomic mass is 10.2. The molecule has 126 valence electrons. The fraction of sp³-hybridized carbons (Fsp3) is 0.875. The molecule has 2 aliphatic rings. The summed E-state index contributed by atoms with van der Waals surface area (Å²) < 4.78 is 5.39. The van der Waals surface area contributed by atoms with Gasteiger partial charge in [0, 0.05) is 32.7 Å². The molecule has 1 heterocycles. The zero-order chi connectivity index (χ0) is 16.2. The molecule has 1 aliphatic heterocycles. The van der Waals surface area contributed by atoms with Crippen LogP contribution in [0.5, 0.6) is 0 Å². The fourth-order valence-electron chi connectivity index (χ4n) is 2.52. The Morgan fingerprint density at radius 3 is 2.32 bits per heavy atom. The number of guanidine groups is 1. The zero-order valence-electron chi connectivity index (χ0n) is 14.2. The highest BCUT2D eigenvalue weighted by atomic mass is 16.6. The Labute approximate surface area is 133 Å². The van der Waals surface area contributed by atoms with Gasteiger partial charge in [0.15, 0.2) is 5.96 Å². The molecule has 0 bridgehead atoms. The fourth-order valence-corrected chi connectivity index (χ4v) is 2.52. The molecular weight excluding hydrogens is 280 g/mol. The normalized spacial score (nSPS) is 20.2. The van der Waals surface area contributed by atoms with Crippen molar-refractivity contribution in [1.29, 1.82) is 0 Å². The molecule has 0 atom stereocenters. The molecule has 1 aliphatic carbocycles. The number of aliphatic imine (C=N–C) groups is 1. The average molecular weight is 310 g/mol. The highest BCUT2D eigenvalue weighted by Gasteiger charge is 2.26. The summed E-state index contributed by atoms with van der Waals surface area (Å²) in [6, 6.07) is 0. The second-order valence-electron chi connectivity index (χ2n) is 7.28. The van der Waals surface area contributed by atoms with E-state index in [1.165, 1.54) is 19.3 Å². The molecule has 0 spiro atoms. The van der Waals surface area contributed by atoms with Crippen LogP contribution in [0.2, 0.25) is 0 Å². The number of hydrogen-bond donors (Lipinski definition) is 1. The van der Waals surface area contributed by atoms with Crippen molar-refractivity contribution in [2.45, 2.75) is 52.1 Å². The minimum Gasteiger partial charge on any atom is -0.444 e. The molecule has 2 N–H and O–H groups in total. The maximum atomic E-state index is 12.0. The quantitative estimate of drug-likeness (QED) is 0.490. The molecule has 2 fully saturated rings. The predicted octanol–water partition coefficient (Wildman–Crippen LogP) is 2.04. The number of carbonyl (C=O) groups excluding carboxylic acids is 1. The second-order valence-corrected chi connectivity index (χ2v) is 7.28. The van der Waals surface area contributed by atoms with Crippen molar-refractivity contribution in [2.24, 2.45) is 16.6 Å². The Kier molecular flexibility index (Phi) is 5.53. The van der Waals surface area contributed by atoms with Crippen LogP contribution in [0.25, 0.3) is 0 Å². The van der Waals surface area contributed by atoms with Crippen LogP contribution in [0.15, 0.2) is 4.99 Å². The largest absolute Gasteiger partial charge is 0.444 e. The van der Waals surface area contributed by atoms with E-state index in [9.17, 15) is 4.79 Å². The molecule has 0 radical (unpaired) electrons. The molecule has 22 heavy (non-hydrogen) atoms. The van der Waals surface area contributed by atoms with Gasteiger partial charge in [0.25, 0.3) is 0 Å². The Hall–Kier alpha value is -1.46. The van der Waals surface area contributed by atoms with Gasteiger partial charge in [-0.15, -0.1) is 0 Å². The SMILES string of the molecule is CC(C)(C)OC(=O)N1CCN(C(N)=NCCCC2CC2)CC1. The van der Waals surface area contributed by atoms with E-state index in [4.69, 9.17) is 10.5 Å². The summed E-state index contributed by atoms with van der Waals surface area (Å²) in [5.74, 6) is 1.56. The van der Waals surface area contributed by atoms with Crippen LogP contribution >= 0.6 is 0 Å². The van der Waals surface area contributed by atoms with Crippen molar-refractivity contribution in [1.82, 2.24) is 9.80 Å². The smallest absolute Gasteiger partial charge is 0.410 e. The van der Waals surface area contributed by atoms with Gasteiger partial charge in [-0.2, -0.15) is 0 Å². The standard InChI is InChI=1S/C16H30N4O2/c1-16(2,3)22-15(21)20-11-9-19(10-12-20)14(17)18-8-4-5-13-6-7-13/h13H,4-12H2,1-3H3,(H2,17,18). The third kappa shape index (κ3) is 5.73. The average Bonchev–Trinajstić information content (AvgIpc) is 3.26. The van der Waals surface area contributed by atoms with Gasteiger partial charge in [0.2, 0.25) is 0 Å². The highest BCUT2D eigenvalue weighted by Crippen LogP contribution is 2.33. The Morgan fingerprint density at radius 2 is 1.77 bits per heavy atom. The maximum Gasteiger partial charge on any atom is 0.410 e. The van der Waals surface area contributed by atoms with Gasteiger partial charge >= 0.3 is 6.09 Å². The molecule has 0 unspecified atom stereocenters. The summed E-state index contributed by atoms with van der Waals surface area (Å²) in [7, 11) is 0. The minimum absolute atomic E-state index is 0.243. The highest BCUT2D eigenvalue weighted by molar-refractivity contribution is 5.78. The summed E-state index contributed by atoms with van der Waals surface area (Å²) in [6.07, 6.45) is 4.96.